The van der Waals surface area contributed by atoms with E-state index in [1.165, 1.54) is 18.7 Å². The first-order valence-corrected chi connectivity index (χ1v) is 9.14. The lowest BCUT2D eigenvalue weighted by Gasteiger charge is -2.12. The Labute approximate surface area is 171 Å². The number of fused-ring (bicyclic) bond motifs is 1. The van der Waals surface area contributed by atoms with Gasteiger partial charge in [0.1, 0.15) is 11.3 Å². The van der Waals surface area contributed by atoms with Gasteiger partial charge in [-0.05, 0) is 36.4 Å². The van der Waals surface area contributed by atoms with E-state index in [0.29, 0.717) is 17.1 Å². The highest BCUT2D eigenvalue weighted by Crippen LogP contribution is 2.25. The van der Waals surface area contributed by atoms with E-state index in [-0.39, 0.29) is 28.3 Å². The van der Waals surface area contributed by atoms with Crippen LogP contribution in [-0.4, -0.2) is 33.3 Å². The molecule has 1 amide bonds. The Morgan fingerprint density at radius 3 is 2.30 bits per heavy atom. The van der Waals surface area contributed by atoms with E-state index < -0.39 is 5.97 Å². The summed E-state index contributed by atoms with van der Waals surface area (Å²) in [7, 11) is 1.28. The molecule has 2 aliphatic rings. The SMILES string of the molecule is COC(=O)c1cn(-c2ccc(NC(C)=O)cc2)cc2c(=O)n(-c3ccccc3)nc1-2. The standard InChI is InChI=1S/C22H18N4O4/c1-14(27)23-15-8-10-16(11-9-15)25-12-18-20(19(13-25)22(29)30-2)24-26(21(18)28)17-6-4-3-5-7-17/h3-13H,1-2H3,(H,23,27). The summed E-state index contributed by atoms with van der Waals surface area (Å²) in [6.07, 6.45) is 3.20. The molecule has 0 fully saturated rings. The van der Waals surface area contributed by atoms with Gasteiger partial charge in [0, 0.05) is 30.7 Å². The van der Waals surface area contributed by atoms with Crippen molar-refractivity contribution in [3.05, 3.63) is 82.9 Å². The molecule has 0 atom stereocenters. The number of nitrogens with one attached hydrogen (secondary N) is 1. The van der Waals surface area contributed by atoms with Gasteiger partial charge in [-0.1, -0.05) is 18.2 Å². The molecule has 0 saturated heterocycles. The molecule has 2 aliphatic heterocycles. The molecule has 0 aromatic heterocycles. The van der Waals surface area contributed by atoms with Crippen molar-refractivity contribution < 1.29 is 14.3 Å². The first-order chi connectivity index (χ1) is 14.5. The van der Waals surface area contributed by atoms with Crippen molar-refractivity contribution in [1.82, 2.24) is 14.3 Å². The highest BCUT2D eigenvalue weighted by molar-refractivity contribution is 5.96. The second kappa shape index (κ2) is 7.67. The Morgan fingerprint density at radius 2 is 1.67 bits per heavy atom. The van der Waals surface area contributed by atoms with Crippen LogP contribution in [0.1, 0.15) is 17.3 Å². The van der Waals surface area contributed by atoms with Gasteiger partial charge >= 0.3 is 5.97 Å². The van der Waals surface area contributed by atoms with Crippen LogP contribution in [0.4, 0.5) is 5.69 Å². The lowest BCUT2D eigenvalue weighted by Crippen LogP contribution is -2.15. The molecule has 2 aromatic carbocycles. The molecule has 2 heterocycles. The van der Waals surface area contributed by atoms with E-state index in [2.05, 4.69) is 10.4 Å². The largest absolute Gasteiger partial charge is 0.465 e. The van der Waals surface area contributed by atoms with Gasteiger partial charge in [-0.15, -0.1) is 0 Å². The maximum Gasteiger partial charge on any atom is 0.341 e. The van der Waals surface area contributed by atoms with Crippen molar-refractivity contribution in [2.24, 2.45) is 0 Å². The molecule has 150 valence electrons. The van der Waals surface area contributed by atoms with Crippen LogP contribution in [0.15, 0.2) is 71.8 Å². The van der Waals surface area contributed by atoms with Crippen LogP contribution in [0.3, 0.4) is 0 Å². The highest BCUT2D eigenvalue weighted by Gasteiger charge is 2.25. The van der Waals surface area contributed by atoms with Crippen LogP contribution in [0.5, 0.6) is 0 Å². The van der Waals surface area contributed by atoms with Crippen molar-refractivity contribution in [3.63, 3.8) is 0 Å². The molecule has 0 aliphatic carbocycles. The molecular formula is C22H18N4O4. The summed E-state index contributed by atoms with van der Waals surface area (Å²) >= 11 is 0. The first kappa shape index (κ1) is 19.1. The number of carbonyl (C=O) groups is 2. The molecular weight excluding hydrogens is 384 g/mol. The summed E-state index contributed by atoms with van der Waals surface area (Å²) in [5.41, 5.74) is 2.32. The number of hydrogen-bond acceptors (Lipinski definition) is 5. The van der Waals surface area contributed by atoms with Crippen LogP contribution in [0, 0.1) is 0 Å². The minimum absolute atomic E-state index is 0.172. The smallest absolute Gasteiger partial charge is 0.341 e. The number of amides is 1. The van der Waals surface area contributed by atoms with E-state index in [4.69, 9.17) is 4.74 Å². The van der Waals surface area contributed by atoms with Crippen LogP contribution in [0.2, 0.25) is 0 Å². The van der Waals surface area contributed by atoms with Gasteiger partial charge < -0.3 is 14.6 Å². The number of rotatable bonds is 4. The molecule has 0 unspecified atom stereocenters. The van der Waals surface area contributed by atoms with Crippen molar-refractivity contribution in [2.45, 2.75) is 6.92 Å². The average molecular weight is 402 g/mol. The Morgan fingerprint density at radius 1 is 0.967 bits per heavy atom. The normalized spacial score (nSPS) is 10.7. The molecule has 8 heteroatoms. The summed E-state index contributed by atoms with van der Waals surface area (Å²) in [6.45, 7) is 1.43. The summed E-state index contributed by atoms with van der Waals surface area (Å²) in [6, 6.07) is 16.0. The third kappa shape index (κ3) is 3.46. The number of carbonyl (C=O) groups excluding carboxylic acids is 2. The molecule has 0 bridgehead atoms. The predicted octanol–water partition coefficient (Wildman–Crippen LogP) is 2.87. The zero-order valence-corrected chi connectivity index (χ0v) is 16.3. The minimum atomic E-state index is -0.595. The molecule has 4 rings (SSSR count). The molecule has 8 nitrogen and oxygen atoms in total. The summed E-state index contributed by atoms with van der Waals surface area (Å²) in [5, 5.41) is 7.07. The fraction of sp³-hybridized carbons (Fsp3) is 0.0909. The van der Waals surface area contributed by atoms with Crippen LogP contribution in [-0.2, 0) is 9.53 Å². The van der Waals surface area contributed by atoms with Gasteiger partial charge in [-0.2, -0.15) is 9.78 Å². The molecule has 0 saturated carbocycles. The quantitative estimate of drug-likeness (QED) is 0.530. The lowest BCUT2D eigenvalue weighted by molar-refractivity contribution is -0.114. The molecule has 2 aromatic rings. The number of para-hydroxylation sites is 1. The Bertz CT molecular complexity index is 1260. The summed E-state index contributed by atoms with van der Waals surface area (Å²) in [4.78, 5) is 36.7. The van der Waals surface area contributed by atoms with Crippen molar-refractivity contribution in [2.75, 3.05) is 12.4 Å². The maximum absolute atomic E-state index is 13.0. The van der Waals surface area contributed by atoms with Gasteiger partial charge in [0.2, 0.25) is 5.91 Å². The zero-order valence-electron chi connectivity index (χ0n) is 16.3. The third-order valence-electron chi connectivity index (χ3n) is 4.56. The Kier molecular flexibility index (Phi) is 4.89. The molecule has 0 spiro atoms. The number of esters is 1. The fourth-order valence-electron chi connectivity index (χ4n) is 3.18. The van der Waals surface area contributed by atoms with Crippen molar-refractivity contribution in [1.29, 1.82) is 0 Å². The van der Waals surface area contributed by atoms with E-state index in [1.807, 2.05) is 6.07 Å². The topological polar surface area (TPSA) is 95.2 Å². The molecule has 1 N–H and O–H groups in total. The number of methoxy groups -OCH3 is 1. The molecule has 30 heavy (non-hydrogen) atoms. The fourth-order valence-corrected chi connectivity index (χ4v) is 3.18. The van der Waals surface area contributed by atoms with E-state index in [0.717, 1.165) is 0 Å². The third-order valence-corrected chi connectivity index (χ3v) is 4.56. The van der Waals surface area contributed by atoms with Crippen LogP contribution >= 0.6 is 0 Å². The van der Waals surface area contributed by atoms with E-state index in [9.17, 15) is 14.4 Å². The Hall–Kier alpha value is -4.20. The number of hydrogen-bond donors (Lipinski definition) is 1. The number of anilines is 1. The van der Waals surface area contributed by atoms with E-state index in [1.54, 1.807) is 65.5 Å². The van der Waals surface area contributed by atoms with Gasteiger partial charge in [0.25, 0.3) is 5.56 Å². The van der Waals surface area contributed by atoms with Crippen molar-refractivity contribution >= 4 is 17.6 Å². The summed E-state index contributed by atoms with van der Waals surface area (Å²) in [5.74, 6) is -0.768. The molecule has 0 radical (unpaired) electrons. The van der Waals surface area contributed by atoms with E-state index >= 15 is 0 Å². The van der Waals surface area contributed by atoms with Crippen molar-refractivity contribution in [3.8, 4) is 22.6 Å². The second-order valence-corrected chi connectivity index (χ2v) is 6.61. The second-order valence-electron chi connectivity index (χ2n) is 6.61. The zero-order chi connectivity index (χ0) is 21.3. The Balaban J connectivity index is 1.89. The van der Waals surface area contributed by atoms with Gasteiger partial charge in [-0.3, -0.25) is 9.59 Å². The van der Waals surface area contributed by atoms with Gasteiger partial charge in [-0.25, -0.2) is 4.79 Å². The highest BCUT2D eigenvalue weighted by atomic mass is 16.5. The predicted molar refractivity (Wildman–Crippen MR) is 111 cm³/mol. The first-order valence-electron chi connectivity index (χ1n) is 9.14. The lowest BCUT2D eigenvalue weighted by atomic mass is 10.1. The number of pyridine rings is 1. The van der Waals surface area contributed by atoms with Crippen LogP contribution in [0.25, 0.3) is 22.6 Å². The monoisotopic (exact) mass is 402 g/mol. The average Bonchev–Trinajstić information content (AvgIpc) is 3.10. The van der Waals surface area contributed by atoms with Gasteiger partial charge in [0.15, 0.2) is 0 Å². The summed E-state index contributed by atoms with van der Waals surface area (Å²) < 4.78 is 7.82. The number of nitrogens with zero attached hydrogens (tertiary/aromatic N) is 3. The maximum atomic E-state index is 13.0. The van der Waals surface area contributed by atoms with Gasteiger partial charge in [0.05, 0.1) is 18.4 Å². The minimum Gasteiger partial charge on any atom is -0.465 e. The van der Waals surface area contributed by atoms with Crippen LogP contribution < -0.4 is 10.9 Å². The number of ether oxygens (including phenoxy) is 1. The number of aromatic nitrogens is 3. The number of benzene rings is 2.